The van der Waals surface area contributed by atoms with Crippen molar-refractivity contribution in [2.45, 2.75) is 111 Å². The van der Waals surface area contributed by atoms with Crippen LogP contribution in [0.2, 0.25) is 25.7 Å². The van der Waals surface area contributed by atoms with Crippen LogP contribution in [0, 0.1) is 16.7 Å². The molecule has 0 atom stereocenters. The van der Waals surface area contributed by atoms with Gasteiger partial charge in [0, 0.05) is 39.4 Å². The third-order valence-corrected chi connectivity index (χ3v) is 10.1. The largest absolute Gasteiger partial charge is 0.444 e. The maximum atomic E-state index is 13.4. The minimum absolute atomic E-state index is 0.0682. The number of imidazole rings is 1. The van der Waals surface area contributed by atoms with Gasteiger partial charge in [-0.15, -0.1) is 0 Å². The highest BCUT2D eigenvalue weighted by molar-refractivity contribution is 6.76. The zero-order chi connectivity index (χ0) is 33.0. The van der Waals surface area contributed by atoms with Gasteiger partial charge in [0.2, 0.25) is 0 Å². The summed E-state index contributed by atoms with van der Waals surface area (Å²) in [6, 6.07) is 6.99. The predicted octanol–water partition coefficient (Wildman–Crippen LogP) is 7.49. The minimum atomic E-state index is -1.24. The molecule has 244 valence electrons. The number of nitriles is 1. The van der Waals surface area contributed by atoms with Crippen molar-refractivity contribution in [1.29, 1.82) is 5.26 Å². The lowest BCUT2D eigenvalue weighted by atomic mass is 9.77. The number of aromatic nitrogens is 3. The Labute approximate surface area is 269 Å². The average molecular weight is 635 g/mol. The molecule has 1 aliphatic carbocycles. The molecule has 2 amide bonds. The van der Waals surface area contributed by atoms with E-state index in [2.05, 4.69) is 60.9 Å². The van der Waals surface area contributed by atoms with Crippen LogP contribution < -0.4 is 5.32 Å². The van der Waals surface area contributed by atoms with Crippen LogP contribution >= 0.6 is 0 Å². The highest BCUT2D eigenvalue weighted by Crippen LogP contribution is 2.40. The molecule has 0 aromatic carbocycles. The number of nitrogens with one attached hydrogen (secondary N) is 2. The smallest absolute Gasteiger partial charge is 0.410 e. The number of amides is 2. The zero-order valence-corrected chi connectivity index (χ0v) is 29.3. The molecular formula is C34H50N6O4Si. The van der Waals surface area contributed by atoms with Gasteiger partial charge in [0.25, 0.3) is 5.91 Å². The van der Waals surface area contributed by atoms with Gasteiger partial charge in [-0.2, -0.15) is 5.26 Å². The van der Waals surface area contributed by atoms with Crippen LogP contribution in [0.1, 0.15) is 106 Å². The van der Waals surface area contributed by atoms with Crippen molar-refractivity contribution in [2.24, 2.45) is 5.41 Å². The average Bonchev–Trinajstić information content (AvgIpc) is 3.38. The summed E-state index contributed by atoms with van der Waals surface area (Å²) in [5.41, 5.74) is 3.82. The SMILES string of the molecule is CC1(C)CC=C(c2nc(C3CCN(C(=O)OC(C)(C)C)CC3)ccc2NC(=O)c2nc(C#N)c(COCC[Si](C)(C)C)[nH]2)CC1. The Morgan fingerprint density at radius 1 is 1.18 bits per heavy atom. The van der Waals surface area contributed by atoms with E-state index in [1.807, 2.05) is 32.9 Å². The molecular weight excluding hydrogens is 584 g/mol. The van der Waals surface area contributed by atoms with Gasteiger partial charge in [0.1, 0.15) is 11.7 Å². The molecule has 1 saturated heterocycles. The van der Waals surface area contributed by atoms with Crippen LogP contribution in [-0.4, -0.2) is 65.2 Å². The normalized spacial score (nSPS) is 17.4. The molecule has 0 bridgehead atoms. The van der Waals surface area contributed by atoms with Gasteiger partial charge in [0.05, 0.1) is 23.7 Å². The van der Waals surface area contributed by atoms with E-state index in [1.54, 1.807) is 4.90 Å². The molecule has 0 spiro atoms. The molecule has 1 fully saturated rings. The number of carbonyl (C=O) groups is 2. The first kappa shape index (κ1) is 34.4. The van der Waals surface area contributed by atoms with E-state index in [0.717, 1.165) is 55.1 Å². The molecule has 2 aliphatic rings. The number of nitrogens with zero attached hydrogens (tertiary/aromatic N) is 4. The van der Waals surface area contributed by atoms with Gasteiger partial charge in [0.15, 0.2) is 11.5 Å². The quantitative estimate of drug-likeness (QED) is 0.216. The molecule has 2 aromatic rings. The molecule has 2 N–H and O–H groups in total. The van der Waals surface area contributed by atoms with Crippen LogP contribution in [0.4, 0.5) is 10.5 Å². The van der Waals surface area contributed by atoms with E-state index in [0.29, 0.717) is 31.1 Å². The number of aromatic amines is 1. The molecule has 4 rings (SSSR count). The van der Waals surface area contributed by atoms with Crippen molar-refractivity contribution in [3.05, 3.63) is 46.8 Å². The Kier molecular flexibility index (Phi) is 10.6. The molecule has 0 saturated carbocycles. The zero-order valence-electron chi connectivity index (χ0n) is 28.3. The molecule has 0 radical (unpaired) electrons. The lowest BCUT2D eigenvalue weighted by Crippen LogP contribution is -2.41. The Morgan fingerprint density at radius 2 is 1.89 bits per heavy atom. The number of carbonyl (C=O) groups excluding carboxylic acids is 2. The molecule has 2 aromatic heterocycles. The van der Waals surface area contributed by atoms with Crippen molar-refractivity contribution < 1.29 is 19.1 Å². The van der Waals surface area contributed by atoms with Gasteiger partial charge in [-0.05, 0) is 82.0 Å². The number of rotatable bonds is 9. The van der Waals surface area contributed by atoms with E-state index in [1.165, 1.54) is 0 Å². The highest BCUT2D eigenvalue weighted by Gasteiger charge is 2.30. The molecule has 11 heteroatoms. The second-order valence-corrected chi connectivity index (χ2v) is 20.9. The molecule has 10 nitrogen and oxygen atoms in total. The van der Waals surface area contributed by atoms with E-state index in [9.17, 15) is 14.9 Å². The highest BCUT2D eigenvalue weighted by atomic mass is 28.3. The molecule has 1 aliphatic heterocycles. The van der Waals surface area contributed by atoms with Crippen molar-refractivity contribution in [3.8, 4) is 6.07 Å². The van der Waals surface area contributed by atoms with Gasteiger partial charge in [-0.1, -0.05) is 39.6 Å². The molecule has 3 heterocycles. The first-order chi connectivity index (χ1) is 21.0. The fraction of sp³-hybridized carbons (Fsp3) is 0.618. The van der Waals surface area contributed by atoms with Crippen molar-refractivity contribution >= 4 is 31.3 Å². The van der Waals surface area contributed by atoms with E-state index in [4.69, 9.17) is 14.5 Å². The number of pyridine rings is 1. The standard InChI is InChI=1S/C34H50N6O4Si/c1-33(2,3)44-32(42)40-17-13-23(14-18-40)25-9-10-26(29(36-25)24-11-15-34(4,5)16-12-24)39-31(41)30-37-27(21-35)28(38-30)22-43-19-20-45(6,7)8/h9-11,23H,12-20,22H2,1-8H3,(H,37,38)(H,39,41). The van der Waals surface area contributed by atoms with Crippen molar-refractivity contribution in [1.82, 2.24) is 19.9 Å². The number of likely N-dealkylation sites (tertiary alicyclic amines) is 1. The Morgan fingerprint density at radius 3 is 2.49 bits per heavy atom. The molecule has 45 heavy (non-hydrogen) atoms. The number of hydrogen-bond acceptors (Lipinski definition) is 7. The number of ether oxygens (including phenoxy) is 2. The van der Waals surface area contributed by atoms with Crippen molar-refractivity contribution in [3.63, 3.8) is 0 Å². The maximum absolute atomic E-state index is 13.4. The fourth-order valence-corrected chi connectivity index (χ4v) is 6.23. The lowest BCUT2D eigenvalue weighted by molar-refractivity contribution is 0.0204. The Balaban J connectivity index is 1.52. The minimum Gasteiger partial charge on any atom is -0.444 e. The third kappa shape index (κ3) is 9.75. The number of piperidine rings is 1. The summed E-state index contributed by atoms with van der Waals surface area (Å²) in [7, 11) is -1.24. The lowest BCUT2D eigenvalue weighted by Gasteiger charge is -2.33. The van der Waals surface area contributed by atoms with Gasteiger partial charge in [-0.3, -0.25) is 9.78 Å². The number of H-pyrrole nitrogens is 1. The van der Waals surface area contributed by atoms with Crippen LogP contribution in [0.3, 0.4) is 0 Å². The van der Waals surface area contributed by atoms with Gasteiger partial charge >= 0.3 is 6.09 Å². The second-order valence-electron chi connectivity index (χ2n) is 15.3. The number of anilines is 1. The van der Waals surface area contributed by atoms with Crippen molar-refractivity contribution in [2.75, 3.05) is 25.0 Å². The topological polar surface area (TPSA) is 133 Å². The van der Waals surface area contributed by atoms with Gasteiger partial charge < -0.3 is 24.7 Å². The number of hydrogen-bond donors (Lipinski definition) is 2. The first-order valence-electron chi connectivity index (χ1n) is 16.1. The van der Waals surface area contributed by atoms with Gasteiger partial charge in [-0.25, -0.2) is 9.78 Å². The summed E-state index contributed by atoms with van der Waals surface area (Å²) in [6.45, 7) is 19.0. The maximum Gasteiger partial charge on any atom is 0.410 e. The summed E-state index contributed by atoms with van der Waals surface area (Å²) < 4.78 is 11.4. The third-order valence-electron chi connectivity index (χ3n) is 8.35. The Hall–Kier alpha value is -3.49. The predicted molar refractivity (Wildman–Crippen MR) is 179 cm³/mol. The van der Waals surface area contributed by atoms with Crippen LogP contribution in [0.25, 0.3) is 5.57 Å². The number of allylic oxidation sites excluding steroid dienone is 2. The summed E-state index contributed by atoms with van der Waals surface area (Å²) in [5, 5.41) is 12.7. The van der Waals surface area contributed by atoms with E-state index in [-0.39, 0.29) is 35.6 Å². The summed E-state index contributed by atoms with van der Waals surface area (Å²) >= 11 is 0. The monoisotopic (exact) mass is 634 g/mol. The van der Waals surface area contributed by atoms with E-state index < -0.39 is 19.6 Å². The summed E-state index contributed by atoms with van der Waals surface area (Å²) in [4.78, 5) is 40.2. The summed E-state index contributed by atoms with van der Waals surface area (Å²) in [5.74, 6) is -0.170. The fourth-order valence-electron chi connectivity index (χ4n) is 5.47. The van der Waals surface area contributed by atoms with Crippen LogP contribution in [0.5, 0.6) is 0 Å². The van der Waals surface area contributed by atoms with E-state index >= 15 is 0 Å². The summed E-state index contributed by atoms with van der Waals surface area (Å²) in [6.07, 6.45) is 6.36. The van der Waals surface area contributed by atoms with Crippen LogP contribution in [-0.2, 0) is 16.1 Å². The van der Waals surface area contributed by atoms with Crippen LogP contribution in [0.15, 0.2) is 18.2 Å². The molecule has 0 unspecified atom stereocenters. The second kappa shape index (κ2) is 13.9. The Bertz CT molecular complexity index is 1450. The first-order valence-corrected chi connectivity index (χ1v) is 19.8.